The number of aryl methyl sites for hydroxylation is 1. The number of nitrogens with two attached hydrogens (primary N) is 2. The van der Waals surface area contributed by atoms with Crippen LogP contribution < -0.4 is 96.0 Å². The lowest BCUT2D eigenvalue weighted by molar-refractivity contribution is -0.143. The largest absolute Gasteiger partial charge is 0.482 e. The van der Waals surface area contributed by atoms with E-state index in [2.05, 4.69) is 79.8 Å². The molecule has 25 N–H and O–H groups in total. The van der Waals surface area contributed by atoms with Crippen LogP contribution in [0.4, 0.5) is 0 Å². The Balaban J connectivity index is 1.50. The van der Waals surface area contributed by atoms with Gasteiger partial charge >= 0.3 is 11.9 Å². The zero-order chi connectivity index (χ0) is 109. The summed E-state index contributed by atoms with van der Waals surface area (Å²) in [6, 6.07) is 2.89. The molecule has 4 aromatic carbocycles. The van der Waals surface area contributed by atoms with Gasteiger partial charge in [0.15, 0.2) is 12.4 Å². The van der Waals surface area contributed by atoms with Crippen molar-refractivity contribution in [2.75, 3.05) is 51.5 Å². The highest BCUT2D eigenvalue weighted by Crippen LogP contribution is 2.29. The summed E-state index contributed by atoms with van der Waals surface area (Å²) >= 11 is 0.516. The second kappa shape index (κ2) is 60.5. The zero-order valence-corrected chi connectivity index (χ0v) is 86.0. The van der Waals surface area contributed by atoms with Gasteiger partial charge in [-0.2, -0.15) is 0 Å². The molecule has 0 bridgehead atoms. The maximum Gasteiger partial charge on any atom is 0.341 e. The highest BCUT2D eigenvalue weighted by molar-refractivity contribution is 8.00. The number of ketones is 1. The SMILES string of the molecule is CCC(C)[C@@H]1NC(=O)[C@H](Cc2ccc(-c3ccccc3)cc2)NC(=O)[C@H](C(C)C)NC(=O)[C@H](Cc2cccc(C)c2)CC(=O)[C@H](CC(=O)O)NC(=O)[C@H](Cc2ccc(OCC(=O)O)cc2)NC(=O)[C@H]([C@@H](C)O)NC(=O)CSC[C@@H](C(=O)N[C@@H](CO)C(=O)NCC(=O)N[C@H](CO)C(N)=O)NC(=O)[C@H](C(C)O)NC(=O)[C@H](C(C)C)NC(=O)[C@H](CC2CCCCC2)NC(=O)[C@H](CCN)NC(=O)[C@@H](CC(C)C)NC(=O)[C@H](C)N(C)C1=O. The van der Waals surface area contributed by atoms with Gasteiger partial charge < -0.3 is 131 Å². The van der Waals surface area contributed by atoms with Crippen LogP contribution in [-0.2, 0) is 115 Å². The average molecular weight is 2080 g/mol. The minimum absolute atomic E-state index is 0.00442. The van der Waals surface area contributed by atoms with E-state index in [0.717, 1.165) is 49.1 Å². The van der Waals surface area contributed by atoms with E-state index in [0.29, 0.717) is 41.3 Å². The molecule has 0 aromatic heterocycles. The summed E-state index contributed by atoms with van der Waals surface area (Å²) in [6.07, 6.45) is -3.26. The molecule has 147 heavy (non-hydrogen) atoms. The number of ether oxygens (including phenoxy) is 1. The van der Waals surface area contributed by atoms with E-state index >= 15 is 33.6 Å². The van der Waals surface area contributed by atoms with Crippen LogP contribution in [0.25, 0.3) is 11.1 Å². The normalized spacial score (nSPS) is 24.0. The highest BCUT2D eigenvalue weighted by Gasteiger charge is 2.43. The number of carboxylic acids is 2. The van der Waals surface area contributed by atoms with Gasteiger partial charge in [0.1, 0.15) is 90.3 Å². The number of aliphatic hydroxyl groups excluding tert-OH is 4. The molecule has 19 atom stereocenters. The number of aliphatic carboxylic acids is 2. The van der Waals surface area contributed by atoms with Crippen molar-refractivity contribution in [2.45, 2.75) is 276 Å². The van der Waals surface area contributed by atoms with Gasteiger partial charge in [0.2, 0.25) is 100 Å². The van der Waals surface area contributed by atoms with Gasteiger partial charge in [-0.3, -0.25) is 91.1 Å². The van der Waals surface area contributed by atoms with Crippen LogP contribution in [-0.4, -0.2) is 308 Å². The Morgan fingerprint density at radius 1 is 0.517 bits per heavy atom. The lowest BCUT2D eigenvalue weighted by atomic mass is 9.84. The fourth-order valence-electron chi connectivity index (χ4n) is 16.5. The van der Waals surface area contributed by atoms with Crippen LogP contribution in [0, 0.1) is 42.4 Å². The molecule has 1 saturated heterocycles. The average Bonchev–Trinajstić information content (AvgIpc) is 0.824. The molecule has 45 nitrogen and oxygen atoms in total. The molecule has 0 spiro atoms. The highest BCUT2D eigenvalue weighted by atomic mass is 32.2. The van der Waals surface area contributed by atoms with Crippen LogP contribution in [0.5, 0.6) is 5.75 Å². The molecule has 46 heteroatoms. The lowest BCUT2D eigenvalue weighted by Crippen LogP contribution is -2.63. The molecule has 6 rings (SSSR count). The van der Waals surface area contributed by atoms with Crippen molar-refractivity contribution in [3.05, 3.63) is 125 Å². The number of likely N-dealkylation sites (N-methyl/N-ethyl adjacent to an activating group) is 1. The fourth-order valence-corrected chi connectivity index (χ4v) is 17.3. The lowest BCUT2D eigenvalue weighted by Gasteiger charge is -2.33. The summed E-state index contributed by atoms with van der Waals surface area (Å²) in [7, 11) is 1.31. The number of amides is 17. The third kappa shape index (κ3) is 40.0. The summed E-state index contributed by atoms with van der Waals surface area (Å²) in [5, 5.41) is 100. The second-order valence-corrected chi connectivity index (χ2v) is 39.5. The number of Topliss-reactive ketones (excluding diaryl/α,β-unsaturated/α-hetero) is 1. The Morgan fingerprint density at radius 2 is 1.01 bits per heavy atom. The van der Waals surface area contributed by atoms with Crippen molar-refractivity contribution in [1.29, 1.82) is 0 Å². The molecule has 0 radical (unpaired) electrons. The summed E-state index contributed by atoms with van der Waals surface area (Å²) in [6.45, 7) is 14.2. The molecular formula is C101H146N18O27S. The molecule has 808 valence electrons. The quantitative estimate of drug-likeness (QED) is 0.0238. The van der Waals surface area contributed by atoms with E-state index in [1.54, 1.807) is 97.0 Å². The van der Waals surface area contributed by atoms with Crippen LogP contribution >= 0.6 is 11.8 Å². The second-order valence-electron chi connectivity index (χ2n) is 38.5. The van der Waals surface area contributed by atoms with E-state index in [4.69, 9.17) is 16.2 Å². The first-order valence-electron chi connectivity index (χ1n) is 49.3. The number of carboxylic acid groups (broad SMARTS) is 2. The smallest absolute Gasteiger partial charge is 0.341 e. The first-order chi connectivity index (χ1) is 69.5. The van der Waals surface area contributed by atoms with E-state index < -0.39 is 302 Å². The van der Waals surface area contributed by atoms with Gasteiger partial charge in [0.25, 0.3) is 0 Å². The van der Waals surface area contributed by atoms with Crippen LogP contribution in [0.15, 0.2) is 103 Å². The molecule has 2 aliphatic rings. The monoisotopic (exact) mass is 2080 g/mol. The molecule has 2 fully saturated rings. The first-order valence-corrected chi connectivity index (χ1v) is 50.4. The number of nitrogens with one attached hydrogen (secondary N) is 15. The van der Waals surface area contributed by atoms with Crippen molar-refractivity contribution in [1.82, 2.24) is 84.7 Å². The van der Waals surface area contributed by atoms with Crippen molar-refractivity contribution >= 4 is 130 Å². The fraction of sp³-hybridized carbons (Fsp3) is 0.564. The van der Waals surface area contributed by atoms with Crippen molar-refractivity contribution < 1.29 is 131 Å². The van der Waals surface area contributed by atoms with Gasteiger partial charge in [-0.05, 0) is 129 Å². The van der Waals surface area contributed by atoms with Crippen molar-refractivity contribution in [3.63, 3.8) is 0 Å². The zero-order valence-electron chi connectivity index (χ0n) is 85.2. The van der Waals surface area contributed by atoms with Gasteiger partial charge in [0.05, 0.1) is 50.2 Å². The summed E-state index contributed by atoms with van der Waals surface area (Å²) in [5.74, 6) is -28.2. The molecule has 1 saturated carbocycles. The number of nitrogens with zero attached hydrogens (tertiary/aromatic N) is 1. The van der Waals surface area contributed by atoms with Crippen molar-refractivity contribution in [3.8, 4) is 16.9 Å². The topological polar surface area (TPSA) is 708 Å². The predicted molar refractivity (Wildman–Crippen MR) is 539 cm³/mol. The molecule has 1 aliphatic heterocycles. The number of primary amides is 1. The molecular weight excluding hydrogens is 1930 g/mol. The van der Waals surface area contributed by atoms with Gasteiger partial charge in [-0.1, -0.05) is 190 Å². The third-order valence-electron chi connectivity index (χ3n) is 25.3. The molecule has 4 aromatic rings. The molecule has 17 amide bonds. The standard InChI is InChI=1S/C101H146N18O27S/c1-14-56(9)84-101(145)119(13)57(10)88(132)108-70(38-52(2)3)92(136)106-68(36-37-102)91(135)109-72(41-60-23-17-15-18-24-60)94(138)116-83(54(6)7)98(142)118-86(59(12)123)100(144)113-76(96(140)112-75(48-121)90(134)104-46-78(125)105-74(47-120)87(103)131)50-147-51-79(126)114-85(58(11)122)99(143)111-71(43-62-30-34-67(35-31-62)146-49-81(129)130)93(137)107-69(45-80(127)128)77(124)44-66(40-63-25-21-22-55(8)39-63)89(133)115-82(53(4)5)97(141)110-73(95(139)117-84)42-61-28-32-65(33-29-61)64-26-19-16-20-27-64/h16,19-22,25-35,39,52-54,56-60,66,68-76,82-86,120-123H,14-15,17-18,23-24,36-38,40-51,102H2,1-13H3,(H2,103,131)(H,104,134)(H,105,125)(H,106,136)(H,107,137)(H,108,132)(H,109,135)(H,110,141)(H,111,143)(H,112,140)(H,113,144)(H,114,126)(H,115,133)(H,116,138)(H,117,139)(H,118,142)(H,127,128)(H,129,130)/t56?,57-,58+,59?,66+,68-,69-,70+,71-,72-,73-,74+,75-,76-,82-,83-,84-,85-,86-/m0/s1. The number of carbonyl (C=O) groups excluding carboxylic acids is 18. The summed E-state index contributed by atoms with van der Waals surface area (Å²) in [4.78, 5) is 288. The summed E-state index contributed by atoms with van der Waals surface area (Å²) in [5.41, 5.74) is 14.8. The number of rotatable bonds is 33. The Labute approximate surface area is 858 Å². The predicted octanol–water partition coefficient (Wildman–Crippen LogP) is -2.34. The van der Waals surface area contributed by atoms with E-state index in [-0.39, 0.29) is 68.2 Å². The van der Waals surface area contributed by atoms with Gasteiger partial charge in [-0.15, -0.1) is 11.8 Å². The minimum Gasteiger partial charge on any atom is -0.482 e. The molecule has 1 aliphatic carbocycles. The number of benzene rings is 4. The molecule has 2 unspecified atom stereocenters. The van der Waals surface area contributed by atoms with Gasteiger partial charge in [0, 0.05) is 38.0 Å². The maximum absolute atomic E-state index is 15.4. The van der Waals surface area contributed by atoms with E-state index in [9.17, 15) is 93.0 Å². The van der Waals surface area contributed by atoms with Crippen LogP contribution in [0.1, 0.15) is 169 Å². The van der Waals surface area contributed by atoms with Crippen LogP contribution in [0.3, 0.4) is 0 Å². The Hall–Kier alpha value is -13.6. The number of aliphatic hydroxyl groups is 4. The minimum atomic E-state index is -2.06. The Bertz CT molecular complexity index is 5180. The van der Waals surface area contributed by atoms with Crippen molar-refractivity contribution in [2.24, 2.45) is 47.0 Å². The van der Waals surface area contributed by atoms with E-state index in [1.807, 2.05) is 30.3 Å². The number of thioether (sulfide) groups is 1. The third-order valence-corrected chi connectivity index (χ3v) is 26.3. The summed E-state index contributed by atoms with van der Waals surface area (Å²) < 4.78 is 5.29. The number of carbonyl (C=O) groups is 20. The first kappa shape index (κ1) is 122. The number of hydrogen-bond donors (Lipinski definition) is 23. The number of hydrogen-bond acceptors (Lipinski definition) is 27. The Kier molecular flexibility index (Phi) is 50.3. The molecule has 1 heterocycles. The Morgan fingerprint density at radius 3 is 1.56 bits per heavy atom. The van der Waals surface area contributed by atoms with Gasteiger partial charge in [-0.25, -0.2) is 4.79 Å². The maximum atomic E-state index is 15.4. The van der Waals surface area contributed by atoms with Crippen LogP contribution in [0.2, 0.25) is 0 Å². The van der Waals surface area contributed by atoms with E-state index in [1.165, 1.54) is 52.1 Å².